The van der Waals surface area contributed by atoms with Gasteiger partial charge in [-0.2, -0.15) is 0 Å². The quantitative estimate of drug-likeness (QED) is 0.560. The van der Waals surface area contributed by atoms with Crippen LogP contribution in [0.1, 0.15) is 13.3 Å². The van der Waals surface area contributed by atoms with E-state index in [1.807, 2.05) is 19.1 Å². The van der Waals surface area contributed by atoms with Crippen molar-refractivity contribution in [2.75, 3.05) is 7.11 Å². The molecule has 0 aromatic heterocycles. The summed E-state index contributed by atoms with van der Waals surface area (Å²) in [6, 6.07) is 0. The van der Waals surface area contributed by atoms with E-state index in [9.17, 15) is 4.79 Å². The number of methoxy groups -OCH3 is 1. The molecule has 0 aliphatic heterocycles. The molecule has 0 heterocycles. The average Bonchev–Trinajstić information content (AvgIpc) is 2.04. The Morgan fingerprint density at radius 2 is 2.36 bits per heavy atom. The van der Waals surface area contributed by atoms with Crippen LogP contribution in [0.5, 0.6) is 0 Å². The van der Waals surface area contributed by atoms with Crippen molar-refractivity contribution in [3.05, 3.63) is 23.3 Å². The number of carbonyl (C=O) groups is 1. The van der Waals surface area contributed by atoms with Gasteiger partial charge < -0.3 is 4.74 Å². The molecule has 0 radical (unpaired) electrons. The molecule has 0 bridgehead atoms. The maximum atomic E-state index is 10.5. The maximum Gasteiger partial charge on any atom is 0.148 e. The third-order valence-electron chi connectivity index (χ3n) is 1.86. The fourth-order valence-electron chi connectivity index (χ4n) is 1.16. The highest BCUT2D eigenvalue weighted by atomic mass is 16.5. The lowest BCUT2D eigenvalue weighted by molar-refractivity contribution is -0.106. The minimum Gasteiger partial charge on any atom is -0.376 e. The van der Waals surface area contributed by atoms with Crippen molar-refractivity contribution in [1.29, 1.82) is 0 Å². The second-order valence-electron chi connectivity index (χ2n) is 2.73. The molecule has 0 spiro atoms. The topological polar surface area (TPSA) is 26.3 Å². The monoisotopic (exact) mass is 152 g/mol. The number of carbonyl (C=O) groups excluding carboxylic acids is 1. The summed E-state index contributed by atoms with van der Waals surface area (Å²) in [5.74, 6) is 0. The van der Waals surface area contributed by atoms with Gasteiger partial charge in [0.1, 0.15) is 6.29 Å². The Balaban J connectivity index is 2.79. The van der Waals surface area contributed by atoms with Gasteiger partial charge in [-0.05, 0) is 13.3 Å². The Morgan fingerprint density at radius 1 is 1.64 bits per heavy atom. The SMILES string of the molecule is COC1CC(C)=CC=C1C=O. The molecular weight excluding hydrogens is 140 g/mol. The van der Waals surface area contributed by atoms with E-state index in [4.69, 9.17) is 4.74 Å². The third kappa shape index (κ3) is 1.77. The van der Waals surface area contributed by atoms with Gasteiger partial charge in [0.25, 0.3) is 0 Å². The first-order valence-corrected chi connectivity index (χ1v) is 3.63. The van der Waals surface area contributed by atoms with E-state index in [1.54, 1.807) is 7.11 Å². The van der Waals surface area contributed by atoms with Gasteiger partial charge in [0.05, 0.1) is 6.10 Å². The van der Waals surface area contributed by atoms with Crippen LogP contribution < -0.4 is 0 Å². The summed E-state index contributed by atoms with van der Waals surface area (Å²) >= 11 is 0. The van der Waals surface area contributed by atoms with Crippen LogP contribution in [0, 0.1) is 0 Å². The lowest BCUT2D eigenvalue weighted by Gasteiger charge is -2.18. The van der Waals surface area contributed by atoms with Gasteiger partial charge in [-0.1, -0.05) is 17.7 Å². The molecule has 11 heavy (non-hydrogen) atoms. The Bertz CT molecular complexity index is 214. The predicted octanol–water partition coefficient (Wildman–Crippen LogP) is 1.48. The number of hydrogen-bond acceptors (Lipinski definition) is 2. The van der Waals surface area contributed by atoms with Crippen LogP contribution in [-0.4, -0.2) is 19.5 Å². The molecule has 0 fully saturated rings. The number of aldehydes is 1. The van der Waals surface area contributed by atoms with E-state index in [0.717, 1.165) is 18.3 Å². The Morgan fingerprint density at radius 3 is 2.91 bits per heavy atom. The lowest BCUT2D eigenvalue weighted by Crippen LogP contribution is -2.17. The molecule has 0 N–H and O–H groups in total. The molecule has 2 heteroatoms. The van der Waals surface area contributed by atoms with Gasteiger partial charge in [0, 0.05) is 12.7 Å². The van der Waals surface area contributed by atoms with Crippen LogP contribution in [0.2, 0.25) is 0 Å². The van der Waals surface area contributed by atoms with Crippen molar-refractivity contribution in [2.24, 2.45) is 0 Å². The summed E-state index contributed by atoms with van der Waals surface area (Å²) in [5, 5.41) is 0. The molecule has 1 aliphatic rings. The first-order valence-electron chi connectivity index (χ1n) is 3.63. The fourth-order valence-corrected chi connectivity index (χ4v) is 1.16. The zero-order valence-corrected chi connectivity index (χ0v) is 6.83. The van der Waals surface area contributed by atoms with Crippen molar-refractivity contribution in [3.63, 3.8) is 0 Å². The summed E-state index contributed by atoms with van der Waals surface area (Å²) < 4.78 is 5.12. The van der Waals surface area contributed by atoms with E-state index >= 15 is 0 Å². The smallest absolute Gasteiger partial charge is 0.148 e. The molecule has 0 aromatic rings. The summed E-state index contributed by atoms with van der Waals surface area (Å²) in [5.41, 5.74) is 1.99. The highest BCUT2D eigenvalue weighted by Crippen LogP contribution is 2.19. The average molecular weight is 152 g/mol. The summed E-state index contributed by atoms with van der Waals surface area (Å²) in [6.45, 7) is 2.03. The lowest BCUT2D eigenvalue weighted by atomic mass is 9.97. The number of rotatable bonds is 2. The van der Waals surface area contributed by atoms with Gasteiger partial charge in [-0.25, -0.2) is 0 Å². The van der Waals surface area contributed by atoms with Gasteiger partial charge >= 0.3 is 0 Å². The van der Waals surface area contributed by atoms with E-state index in [2.05, 4.69) is 0 Å². The highest BCUT2D eigenvalue weighted by molar-refractivity contribution is 5.76. The van der Waals surface area contributed by atoms with Crippen LogP contribution in [0.15, 0.2) is 23.3 Å². The standard InChI is InChI=1S/C9H12O2/c1-7-3-4-8(6-10)9(5-7)11-2/h3-4,6,9H,5H2,1-2H3. The number of hydrogen-bond donors (Lipinski definition) is 0. The minimum atomic E-state index is -0.0301. The predicted molar refractivity (Wildman–Crippen MR) is 43.3 cm³/mol. The third-order valence-corrected chi connectivity index (χ3v) is 1.86. The van der Waals surface area contributed by atoms with Crippen LogP contribution in [0.4, 0.5) is 0 Å². The molecule has 0 saturated heterocycles. The Labute approximate surface area is 66.5 Å². The molecule has 0 aromatic carbocycles. The van der Waals surface area contributed by atoms with Crippen molar-refractivity contribution in [1.82, 2.24) is 0 Å². The second-order valence-corrected chi connectivity index (χ2v) is 2.73. The molecule has 1 unspecified atom stereocenters. The Hall–Kier alpha value is -0.890. The largest absolute Gasteiger partial charge is 0.376 e. The van der Waals surface area contributed by atoms with Crippen molar-refractivity contribution >= 4 is 6.29 Å². The molecule has 1 aliphatic carbocycles. The molecule has 60 valence electrons. The van der Waals surface area contributed by atoms with Crippen LogP contribution in [0.3, 0.4) is 0 Å². The Kier molecular flexibility index (Phi) is 2.60. The normalized spacial score (nSPS) is 24.0. The van der Waals surface area contributed by atoms with Gasteiger partial charge in [-0.15, -0.1) is 0 Å². The molecule has 0 saturated carbocycles. The van der Waals surface area contributed by atoms with Gasteiger partial charge in [0.15, 0.2) is 0 Å². The second kappa shape index (κ2) is 3.49. The number of allylic oxidation sites excluding steroid dienone is 2. The zero-order chi connectivity index (χ0) is 8.27. The minimum absolute atomic E-state index is 0.0301. The van der Waals surface area contributed by atoms with Gasteiger partial charge in [-0.3, -0.25) is 4.79 Å². The molecule has 1 rings (SSSR count). The van der Waals surface area contributed by atoms with E-state index in [1.165, 1.54) is 5.57 Å². The van der Waals surface area contributed by atoms with Crippen molar-refractivity contribution in [3.8, 4) is 0 Å². The maximum absolute atomic E-state index is 10.5. The molecule has 2 nitrogen and oxygen atoms in total. The summed E-state index contributed by atoms with van der Waals surface area (Å²) in [7, 11) is 1.63. The van der Waals surface area contributed by atoms with Crippen molar-refractivity contribution < 1.29 is 9.53 Å². The zero-order valence-electron chi connectivity index (χ0n) is 6.83. The highest BCUT2D eigenvalue weighted by Gasteiger charge is 2.15. The van der Waals surface area contributed by atoms with E-state index in [-0.39, 0.29) is 6.10 Å². The molecule has 0 amide bonds. The molecule has 1 atom stereocenters. The first-order chi connectivity index (χ1) is 5.27. The van der Waals surface area contributed by atoms with Crippen LogP contribution in [-0.2, 0) is 9.53 Å². The van der Waals surface area contributed by atoms with Crippen molar-refractivity contribution in [2.45, 2.75) is 19.4 Å². The van der Waals surface area contributed by atoms with Gasteiger partial charge in [0.2, 0.25) is 0 Å². The van der Waals surface area contributed by atoms with E-state index < -0.39 is 0 Å². The fraction of sp³-hybridized carbons (Fsp3) is 0.444. The summed E-state index contributed by atoms with van der Waals surface area (Å²) in [4.78, 5) is 10.5. The van der Waals surface area contributed by atoms with Crippen LogP contribution >= 0.6 is 0 Å². The number of ether oxygens (including phenoxy) is 1. The van der Waals surface area contributed by atoms with Crippen LogP contribution in [0.25, 0.3) is 0 Å². The first kappa shape index (κ1) is 8.21. The molecular formula is C9H12O2. The van der Waals surface area contributed by atoms with E-state index in [0.29, 0.717) is 0 Å². The summed E-state index contributed by atoms with van der Waals surface area (Å²) in [6.07, 6.45) is 5.44.